The van der Waals surface area contributed by atoms with Crippen LogP contribution in [0.25, 0.3) is 28.0 Å². The van der Waals surface area contributed by atoms with Gasteiger partial charge in [-0.3, -0.25) is 19.1 Å². The molecule has 0 bridgehead atoms. The van der Waals surface area contributed by atoms with Gasteiger partial charge in [-0.15, -0.1) is 0 Å². The van der Waals surface area contributed by atoms with Gasteiger partial charge in [0, 0.05) is 41.2 Å². The minimum absolute atomic E-state index is 0.112. The maximum Gasteiger partial charge on any atom is 0.269 e. The largest absolute Gasteiger partial charge is 0.351 e. The van der Waals surface area contributed by atoms with Crippen molar-refractivity contribution in [3.63, 3.8) is 0 Å². The number of nitrogens with zero attached hydrogens (tertiary/aromatic N) is 4. The van der Waals surface area contributed by atoms with Crippen LogP contribution in [-0.2, 0) is 0 Å². The Hall–Kier alpha value is -3.58. The Balaban J connectivity index is 1.26. The molecule has 36 heavy (non-hydrogen) atoms. The molecule has 2 aliphatic rings. The lowest BCUT2D eigenvalue weighted by Gasteiger charge is -2.32. The van der Waals surface area contributed by atoms with Crippen molar-refractivity contribution in [1.82, 2.24) is 24.6 Å². The molecule has 2 fully saturated rings. The highest BCUT2D eigenvalue weighted by Gasteiger charge is 2.43. The summed E-state index contributed by atoms with van der Waals surface area (Å²) in [5, 5.41) is 3.15. The van der Waals surface area contributed by atoms with Gasteiger partial charge in [0.15, 0.2) is 0 Å². The smallest absolute Gasteiger partial charge is 0.269 e. The molecular weight excluding hydrogens is 453 g/mol. The van der Waals surface area contributed by atoms with E-state index in [4.69, 9.17) is 0 Å². The van der Waals surface area contributed by atoms with E-state index < -0.39 is 0 Å². The number of aromatic nitrogens is 3. The molecule has 4 aromatic rings. The monoisotopic (exact) mass is 483 g/mol. The van der Waals surface area contributed by atoms with Crippen LogP contribution >= 0.6 is 0 Å². The lowest BCUT2D eigenvalue weighted by molar-refractivity contribution is 0.0937. The van der Waals surface area contributed by atoms with Crippen molar-refractivity contribution < 1.29 is 9.18 Å². The summed E-state index contributed by atoms with van der Waals surface area (Å²) >= 11 is 0. The van der Waals surface area contributed by atoms with E-state index in [2.05, 4.69) is 20.2 Å². The van der Waals surface area contributed by atoms with Gasteiger partial charge in [0.25, 0.3) is 5.91 Å². The molecule has 0 aliphatic carbocycles. The number of rotatable bonds is 6. The first-order valence-electron chi connectivity index (χ1n) is 12.8. The molecule has 1 aromatic carbocycles. The molecule has 5 heterocycles. The molecule has 3 aromatic heterocycles. The third kappa shape index (κ3) is 3.97. The van der Waals surface area contributed by atoms with E-state index in [1.54, 1.807) is 25.4 Å². The van der Waals surface area contributed by atoms with Crippen molar-refractivity contribution in [2.45, 2.75) is 44.6 Å². The van der Waals surface area contributed by atoms with Crippen molar-refractivity contribution in [3.05, 3.63) is 78.1 Å². The fourth-order valence-electron chi connectivity index (χ4n) is 6.10. The first-order valence-corrected chi connectivity index (χ1v) is 12.8. The Kier molecular flexibility index (Phi) is 5.80. The van der Waals surface area contributed by atoms with E-state index in [1.165, 1.54) is 44.8 Å². The lowest BCUT2D eigenvalue weighted by atomic mass is 9.90. The molecular formula is C29H30FN5O. The molecule has 6 nitrogen and oxygen atoms in total. The van der Waals surface area contributed by atoms with Gasteiger partial charge in [0.05, 0.1) is 11.9 Å². The minimum atomic E-state index is -0.236. The molecule has 1 amide bonds. The quantitative estimate of drug-likeness (QED) is 0.406. The van der Waals surface area contributed by atoms with Crippen LogP contribution in [0.2, 0.25) is 0 Å². The number of halogens is 1. The average Bonchev–Trinajstić information content (AvgIpc) is 3.59. The molecule has 0 saturated carbocycles. The second-order valence-electron chi connectivity index (χ2n) is 10.1. The van der Waals surface area contributed by atoms with Crippen molar-refractivity contribution in [1.29, 1.82) is 0 Å². The second kappa shape index (κ2) is 9.13. The van der Waals surface area contributed by atoms with Gasteiger partial charge in [0.1, 0.15) is 17.2 Å². The Morgan fingerprint density at radius 2 is 1.89 bits per heavy atom. The summed E-state index contributed by atoms with van der Waals surface area (Å²) in [5.41, 5.74) is 5.52. The number of nitrogens with one attached hydrogen (secondary N) is 1. The summed E-state index contributed by atoms with van der Waals surface area (Å²) in [4.78, 5) is 24.8. The molecule has 6 rings (SSSR count). The first-order chi connectivity index (χ1) is 17.5. The zero-order valence-corrected chi connectivity index (χ0v) is 20.5. The van der Waals surface area contributed by atoms with Gasteiger partial charge in [-0.25, -0.2) is 9.37 Å². The number of imidazole rings is 1. The van der Waals surface area contributed by atoms with E-state index >= 15 is 0 Å². The predicted octanol–water partition coefficient (Wildman–Crippen LogP) is 5.26. The van der Waals surface area contributed by atoms with Gasteiger partial charge in [-0.1, -0.05) is 6.07 Å². The molecule has 0 radical (unpaired) electrons. The normalized spacial score (nSPS) is 16.9. The van der Waals surface area contributed by atoms with Gasteiger partial charge in [-0.05, 0) is 94.1 Å². The number of benzene rings is 1. The summed E-state index contributed by atoms with van der Waals surface area (Å²) in [6, 6.07) is 12.8. The van der Waals surface area contributed by atoms with Crippen LogP contribution in [0.5, 0.6) is 0 Å². The zero-order valence-electron chi connectivity index (χ0n) is 20.5. The number of fused-ring (bicyclic) bond motifs is 2. The Bertz CT molecular complexity index is 1430. The number of pyridine rings is 2. The number of hydrogen-bond acceptors (Lipinski definition) is 4. The van der Waals surface area contributed by atoms with Crippen LogP contribution in [0, 0.1) is 12.7 Å². The highest BCUT2D eigenvalue weighted by atomic mass is 19.1. The van der Waals surface area contributed by atoms with Crippen LogP contribution in [0.4, 0.5) is 4.39 Å². The lowest BCUT2D eigenvalue weighted by Crippen LogP contribution is -2.41. The summed E-state index contributed by atoms with van der Waals surface area (Å²) in [6.45, 7) is 4.80. The van der Waals surface area contributed by atoms with E-state index in [0.29, 0.717) is 23.4 Å². The summed E-state index contributed by atoms with van der Waals surface area (Å²) in [7, 11) is 0. The Morgan fingerprint density at radius 3 is 2.69 bits per heavy atom. The Morgan fingerprint density at radius 1 is 1.08 bits per heavy atom. The zero-order chi connectivity index (χ0) is 24.7. The van der Waals surface area contributed by atoms with Crippen LogP contribution in [-0.4, -0.2) is 50.3 Å². The molecule has 1 N–H and O–H groups in total. The summed E-state index contributed by atoms with van der Waals surface area (Å²) in [5.74, 6) is -0.348. The standard InChI is InChI=1S/C29H30FN5O/c1-20-17-21(6-8-24(20)30)27-23(5-2-13-31-27)22-7-9-26-33-18-25(35(26)19-22)28(36)32-14-12-29-10-3-15-34(29)16-4-11-29/h2,5-9,13,17-19H,3-4,10-12,14-16H2,1H3,(H,32,36). The number of aryl methyl sites for hydroxylation is 1. The van der Waals surface area contributed by atoms with Crippen molar-refractivity contribution >= 4 is 11.6 Å². The van der Waals surface area contributed by atoms with E-state index in [0.717, 1.165) is 28.8 Å². The minimum Gasteiger partial charge on any atom is -0.351 e. The molecule has 0 atom stereocenters. The van der Waals surface area contributed by atoms with Gasteiger partial charge < -0.3 is 5.32 Å². The Labute approximate surface area is 210 Å². The number of carbonyl (C=O) groups is 1. The second-order valence-corrected chi connectivity index (χ2v) is 10.1. The molecule has 0 spiro atoms. The van der Waals surface area contributed by atoms with Gasteiger partial charge in [0.2, 0.25) is 0 Å². The van der Waals surface area contributed by atoms with Gasteiger partial charge >= 0.3 is 0 Å². The average molecular weight is 484 g/mol. The molecule has 2 saturated heterocycles. The van der Waals surface area contributed by atoms with E-state index in [9.17, 15) is 9.18 Å². The maximum absolute atomic E-state index is 13.9. The third-order valence-electron chi connectivity index (χ3n) is 7.98. The van der Waals surface area contributed by atoms with Gasteiger partial charge in [-0.2, -0.15) is 0 Å². The summed E-state index contributed by atoms with van der Waals surface area (Å²) < 4.78 is 15.7. The van der Waals surface area contributed by atoms with E-state index in [-0.39, 0.29) is 17.3 Å². The molecule has 184 valence electrons. The summed E-state index contributed by atoms with van der Waals surface area (Å²) in [6.07, 6.45) is 11.3. The molecule has 0 unspecified atom stereocenters. The first kappa shape index (κ1) is 22.9. The highest BCUT2D eigenvalue weighted by molar-refractivity contribution is 5.93. The van der Waals surface area contributed by atoms with Crippen LogP contribution in [0.1, 0.15) is 48.2 Å². The maximum atomic E-state index is 13.9. The fraction of sp³-hybridized carbons (Fsp3) is 0.345. The topological polar surface area (TPSA) is 62.5 Å². The highest BCUT2D eigenvalue weighted by Crippen LogP contribution is 2.41. The number of amides is 1. The van der Waals surface area contributed by atoms with Crippen LogP contribution in [0.3, 0.4) is 0 Å². The fourth-order valence-corrected chi connectivity index (χ4v) is 6.10. The third-order valence-corrected chi connectivity index (χ3v) is 7.98. The number of hydrogen-bond donors (Lipinski definition) is 1. The van der Waals surface area contributed by atoms with Crippen LogP contribution < -0.4 is 5.32 Å². The van der Waals surface area contributed by atoms with Crippen molar-refractivity contribution in [2.24, 2.45) is 0 Å². The SMILES string of the molecule is Cc1cc(-c2ncccc2-c2ccc3ncc(C(=O)NCCC45CCCN4CCC5)n3c2)ccc1F. The van der Waals surface area contributed by atoms with E-state index in [1.807, 2.05) is 40.9 Å². The molecule has 7 heteroatoms. The number of carbonyl (C=O) groups excluding carboxylic acids is 1. The van der Waals surface area contributed by atoms with Crippen LogP contribution in [0.15, 0.2) is 61.1 Å². The van der Waals surface area contributed by atoms with Crippen molar-refractivity contribution in [2.75, 3.05) is 19.6 Å². The molecule has 2 aliphatic heterocycles. The predicted molar refractivity (Wildman–Crippen MR) is 138 cm³/mol. The van der Waals surface area contributed by atoms with Crippen molar-refractivity contribution in [3.8, 4) is 22.4 Å².